The Labute approximate surface area is 151 Å². The largest absolute Gasteiger partial charge is 0.296 e. The Morgan fingerprint density at radius 1 is 1.12 bits per heavy atom. The number of hydrogen-bond donors (Lipinski definition) is 0. The maximum Gasteiger partial charge on any atom is 0.246 e. The molecule has 0 atom stereocenters. The number of aryl methyl sites for hydroxylation is 1. The van der Waals surface area contributed by atoms with Gasteiger partial charge in [0.15, 0.2) is 0 Å². The fraction of sp³-hybridized carbons (Fsp3) is 0.400. The molecule has 0 amide bonds. The van der Waals surface area contributed by atoms with Gasteiger partial charge < -0.3 is 0 Å². The molecule has 6 nitrogen and oxygen atoms in total. The van der Waals surface area contributed by atoms with Crippen LogP contribution in [0.15, 0.2) is 35.5 Å². The maximum atomic E-state index is 12.6. The normalized spacial score (nSPS) is 17.3. The molecule has 0 N–H and O–H groups in total. The smallest absolute Gasteiger partial charge is 0.246 e. The SMILES string of the molecule is Cn1cc(S(=O)(=O)N2CCN(Cc3ccc(Cl)c(Cl)c3)CC2)cn1. The standard InChI is InChI=1S/C15H18Cl2N4O2S/c1-19-11-13(9-18-19)24(22,23)21-6-4-20(5-7-21)10-12-2-3-14(16)15(17)8-12/h2-3,8-9,11H,4-7,10H2,1H3. The molecule has 0 bridgehead atoms. The number of halogens is 2. The van der Waals surface area contributed by atoms with Gasteiger partial charge in [-0.3, -0.25) is 9.58 Å². The average Bonchev–Trinajstić information content (AvgIpc) is 2.99. The molecule has 1 aromatic heterocycles. The summed E-state index contributed by atoms with van der Waals surface area (Å²) in [5, 5.41) is 5.01. The van der Waals surface area contributed by atoms with Crippen LogP contribution in [0, 0.1) is 0 Å². The van der Waals surface area contributed by atoms with Gasteiger partial charge in [0.25, 0.3) is 0 Å². The van der Waals surface area contributed by atoms with E-state index in [1.165, 1.54) is 21.4 Å². The van der Waals surface area contributed by atoms with Crippen LogP contribution in [0.4, 0.5) is 0 Å². The molecule has 2 aromatic rings. The van der Waals surface area contributed by atoms with Crippen molar-refractivity contribution in [2.45, 2.75) is 11.4 Å². The molecule has 9 heteroatoms. The summed E-state index contributed by atoms with van der Waals surface area (Å²) in [6.45, 7) is 2.97. The van der Waals surface area contributed by atoms with Crippen LogP contribution in [-0.2, 0) is 23.6 Å². The number of rotatable bonds is 4. The highest BCUT2D eigenvalue weighted by Gasteiger charge is 2.29. The first-order valence-corrected chi connectivity index (χ1v) is 9.71. The Bertz CT molecular complexity index is 830. The molecular weight excluding hydrogens is 371 g/mol. The first-order valence-electron chi connectivity index (χ1n) is 7.51. The molecule has 0 saturated carbocycles. The fourth-order valence-electron chi connectivity index (χ4n) is 2.71. The highest BCUT2D eigenvalue weighted by atomic mass is 35.5. The van der Waals surface area contributed by atoms with Crippen molar-refractivity contribution < 1.29 is 8.42 Å². The van der Waals surface area contributed by atoms with Crippen LogP contribution >= 0.6 is 23.2 Å². The Morgan fingerprint density at radius 3 is 2.42 bits per heavy atom. The summed E-state index contributed by atoms with van der Waals surface area (Å²) in [5.41, 5.74) is 1.06. The minimum atomic E-state index is -3.47. The van der Waals surface area contributed by atoms with Crippen LogP contribution in [0.1, 0.15) is 5.56 Å². The minimum Gasteiger partial charge on any atom is -0.296 e. The van der Waals surface area contributed by atoms with Crippen molar-refractivity contribution in [1.29, 1.82) is 0 Å². The Kier molecular flexibility index (Phi) is 5.17. The summed E-state index contributed by atoms with van der Waals surface area (Å²) in [6, 6.07) is 5.57. The van der Waals surface area contributed by atoms with E-state index in [-0.39, 0.29) is 4.90 Å². The zero-order valence-corrected chi connectivity index (χ0v) is 15.5. The third-order valence-corrected chi connectivity index (χ3v) is 6.63. The number of aromatic nitrogens is 2. The molecule has 0 unspecified atom stereocenters. The second-order valence-corrected chi connectivity index (χ2v) is 8.53. The number of benzene rings is 1. The molecule has 2 heterocycles. The zero-order valence-electron chi connectivity index (χ0n) is 13.2. The van der Waals surface area contributed by atoms with E-state index in [1.54, 1.807) is 13.1 Å². The third kappa shape index (κ3) is 3.75. The quantitative estimate of drug-likeness (QED) is 0.805. The van der Waals surface area contributed by atoms with Crippen LogP contribution in [0.5, 0.6) is 0 Å². The molecule has 24 heavy (non-hydrogen) atoms. The summed E-state index contributed by atoms with van der Waals surface area (Å²) >= 11 is 12.0. The van der Waals surface area contributed by atoms with Gasteiger partial charge in [0.2, 0.25) is 10.0 Å². The zero-order chi connectivity index (χ0) is 17.3. The molecule has 0 aliphatic carbocycles. The van der Waals surface area contributed by atoms with E-state index in [2.05, 4.69) is 10.00 Å². The van der Waals surface area contributed by atoms with Crippen LogP contribution < -0.4 is 0 Å². The van der Waals surface area contributed by atoms with Crippen molar-refractivity contribution in [1.82, 2.24) is 19.0 Å². The second-order valence-electron chi connectivity index (χ2n) is 5.78. The number of hydrogen-bond acceptors (Lipinski definition) is 4. The monoisotopic (exact) mass is 388 g/mol. The van der Waals surface area contributed by atoms with Gasteiger partial charge in [0.05, 0.1) is 16.2 Å². The van der Waals surface area contributed by atoms with Crippen molar-refractivity contribution in [3.63, 3.8) is 0 Å². The summed E-state index contributed by atoms with van der Waals surface area (Å²) in [5.74, 6) is 0. The molecule has 1 fully saturated rings. The number of sulfonamides is 1. The topological polar surface area (TPSA) is 58.4 Å². The van der Waals surface area contributed by atoms with E-state index >= 15 is 0 Å². The lowest BCUT2D eigenvalue weighted by Gasteiger charge is -2.33. The number of nitrogens with zero attached hydrogens (tertiary/aromatic N) is 4. The molecule has 1 aliphatic rings. The Hall–Kier alpha value is -1.12. The molecule has 0 radical (unpaired) electrons. The van der Waals surface area contributed by atoms with Gasteiger partial charge in [-0.25, -0.2) is 8.42 Å². The average molecular weight is 389 g/mol. The molecule has 1 aromatic carbocycles. The van der Waals surface area contributed by atoms with Gasteiger partial charge in [-0.15, -0.1) is 0 Å². The first kappa shape index (κ1) is 17.7. The Balaban J connectivity index is 1.62. The summed E-state index contributed by atoms with van der Waals surface area (Å²) < 4.78 is 28.1. The molecule has 1 saturated heterocycles. The molecule has 130 valence electrons. The predicted octanol–water partition coefficient (Wildman–Crippen LogP) is 2.23. The number of piperazine rings is 1. The molecule has 3 rings (SSSR count). The lowest BCUT2D eigenvalue weighted by molar-refractivity contribution is 0.181. The fourth-order valence-corrected chi connectivity index (χ4v) is 4.43. The van der Waals surface area contributed by atoms with E-state index in [0.29, 0.717) is 36.2 Å². The van der Waals surface area contributed by atoms with Crippen molar-refractivity contribution in [2.75, 3.05) is 26.2 Å². The van der Waals surface area contributed by atoms with E-state index in [9.17, 15) is 8.42 Å². The minimum absolute atomic E-state index is 0.239. The van der Waals surface area contributed by atoms with Crippen LogP contribution in [-0.4, -0.2) is 53.6 Å². The van der Waals surface area contributed by atoms with E-state index in [4.69, 9.17) is 23.2 Å². The van der Waals surface area contributed by atoms with Crippen LogP contribution in [0.3, 0.4) is 0 Å². The molecule has 1 aliphatic heterocycles. The van der Waals surface area contributed by atoms with Crippen molar-refractivity contribution in [3.8, 4) is 0 Å². The lowest BCUT2D eigenvalue weighted by atomic mass is 10.2. The van der Waals surface area contributed by atoms with Gasteiger partial charge in [-0.2, -0.15) is 9.40 Å². The first-order chi connectivity index (χ1) is 11.4. The lowest BCUT2D eigenvalue weighted by Crippen LogP contribution is -2.48. The van der Waals surface area contributed by atoms with Crippen LogP contribution in [0.25, 0.3) is 0 Å². The third-order valence-electron chi connectivity index (χ3n) is 4.04. The second kappa shape index (κ2) is 7.01. The van der Waals surface area contributed by atoms with Crippen molar-refractivity contribution in [3.05, 3.63) is 46.2 Å². The maximum absolute atomic E-state index is 12.6. The highest BCUT2D eigenvalue weighted by Crippen LogP contribution is 2.24. The van der Waals surface area contributed by atoms with E-state index in [0.717, 1.165) is 12.1 Å². The van der Waals surface area contributed by atoms with Gasteiger partial charge in [0, 0.05) is 46.0 Å². The van der Waals surface area contributed by atoms with Crippen molar-refractivity contribution in [2.24, 2.45) is 7.05 Å². The van der Waals surface area contributed by atoms with Crippen molar-refractivity contribution >= 4 is 33.2 Å². The summed E-state index contributed by atoms with van der Waals surface area (Å²) in [6.07, 6.45) is 2.91. The molecular formula is C15H18Cl2N4O2S. The highest BCUT2D eigenvalue weighted by molar-refractivity contribution is 7.89. The summed E-state index contributed by atoms with van der Waals surface area (Å²) in [4.78, 5) is 2.44. The van der Waals surface area contributed by atoms with Gasteiger partial charge in [-0.05, 0) is 17.7 Å². The molecule has 0 spiro atoms. The van der Waals surface area contributed by atoms with E-state index < -0.39 is 10.0 Å². The summed E-state index contributed by atoms with van der Waals surface area (Å²) in [7, 11) is -1.76. The van der Waals surface area contributed by atoms with Gasteiger partial charge >= 0.3 is 0 Å². The predicted molar refractivity (Wildman–Crippen MR) is 93.7 cm³/mol. The van der Waals surface area contributed by atoms with Crippen LogP contribution in [0.2, 0.25) is 10.0 Å². The van der Waals surface area contributed by atoms with Gasteiger partial charge in [-0.1, -0.05) is 29.3 Å². The van der Waals surface area contributed by atoms with E-state index in [1.807, 2.05) is 12.1 Å². The Morgan fingerprint density at radius 2 is 1.83 bits per heavy atom. The van der Waals surface area contributed by atoms with Gasteiger partial charge in [0.1, 0.15) is 4.90 Å².